The maximum Gasteiger partial charge on any atom is 0.336 e. The van der Waals surface area contributed by atoms with Gasteiger partial charge in [0.2, 0.25) is 5.88 Å². The Morgan fingerprint density at radius 3 is 2.59 bits per heavy atom. The minimum atomic E-state index is -0.993. The van der Waals surface area contributed by atoms with Gasteiger partial charge in [-0.2, -0.15) is 0 Å². The van der Waals surface area contributed by atoms with E-state index in [1.165, 1.54) is 18.5 Å². The number of hydrogen-bond acceptors (Lipinski definition) is 5. The molecule has 0 spiro atoms. The van der Waals surface area contributed by atoms with Crippen LogP contribution in [-0.2, 0) is 6.61 Å². The Kier molecular flexibility index (Phi) is 3.67. The normalized spacial score (nSPS) is 10.6. The Morgan fingerprint density at radius 2 is 1.86 bits per heavy atom. The fourth-order valence-electron chi connectivity index (χ4n) is 2.18. The fourth-order valence-corrected chi connectivity index (χ4v) is 2.18. The second kappa shape index (κ2) is 5.79. The molecule has 0 aliphatic heterocycles. The van der Waals surface area contributed by atoms with Gasteiger partial charge in [0.15, 0.2) is 0 Å². The largest absolute Gasteiger partial charge is 0.478 e. The van der Waals surface area contributed by atoms with E-state index >= 15 is 0 Å². The molecule has 22 heavy (non-hydrogen) atoms. The van der Waals surface area contributed by atoms with E-state index in [2.05, 4.69) is 9.97 Å². The van der Waals surface area contributed by atoms with Crippen molar-refractivity contribution in [2.45, 2.75) is 6.61 Å². The first-order valence-corrected chi connectivity index (χ1v) is 6.53. The quantitative estimate of drug-likeness (QED) is 0.768. The molecule has 0 fully saturated rings. The van der Waals surface area contributed by atoms with E-state index in [1.807, 2.05) is 0 Å². The molecule has 0 bridgehead atoms. The van der Waals surface area contributed by atoms with Gasteiger partial charge in [-0.25, -0.2) is 14.8 Å². The number of benzene rings is 2. The lowest BCUT2D eigenvalue weighted by Crippen LogP contribution is -1.99. The second-order valence-corrected chi connectivity index (χ2v) is 4.57. The predicted molar refractivity (Wildman–Crippen MR) is 78.9 cm³/mol. The number of fused-ring (bicyclic) bond motifs is 1. The van der Waals surface area contributed by atoms with Crippen LogP contribution in [0.5, 0.6) is 11.6 Å². The summed E-state index contributed by atoms with van der Waals surface area (Å²) in [5, 5.41) is 19.6. The van der Waals surface area contributed by atoms with Crippen molar-refractivity contribution in [2.24, 2.45) is 0 Å². The monoisotopic (exact) mass is 296 g/mol. The zero-order valence-electron chi connectivity index (χ0n) is 11.4. The fraction of sp³-hybridized carbons (Fsp3) is 0.0625. The van der Waals surface area contributed by atoms with Crippen LogP contribution in [0, 0.1) is 0 Å². The maximum absolute atomic E-state index is 11.3. The van der Waals surface area contributed by atoms with Crippen LogP contribution in [0.3, 0.4) is 0 Å². The molecule has 0 saturated carbocycles. The molecule has 0 unspecified atom stereocenters. The highest BCUT2D eigenvalue weighted by molar-refractivity contribution is 6.05. The highest BCUT2D eigenvalue weighted by Gasteiger charge is 2.12. The minimum absolute atomic E-state index is 0.210. The Morgan fingerprint density at radius 1 is 1.09 bits per heavy atom. The summed E-state index contributed by atoms with van der Waals surface area (Å²) >= 11 is 0. The van der Waals surface area contributed by atoms with Crippen molar-refractivity contribution in [3.05, 3.63) is 60.0 Å². The van der Waals surface area contributed by atoms with Gasteiger partial charge in [-0.15, -0.1) is 0 Å². The summed E-state index contributed by atoms with van der Waals surface area (Å²) < 4.78 is 5.71. The second-order valence-electron chi connectivity index (χ2n) is 4.57. The van der Waals surface area contributed by atoms with Gasteiger partial charge in [0.25, 0.3) is 0 Å². The zero-order valence-corrected chi connectivity index (χ0v) is 11.4. The average molecular weight is 296 g/mol. The molecule has 0 atom stereocenters. The van der Waals surface area contributed by atoms with Gasteiger partial charge >= 0.3 is 5.97 Å². The third-order valence-corrected chi connectivity index (χ3v) is 3.19. The van der Waals surface area contributed by atoms with Crippen LogP contribution in [0.25, 0.3) is 10.8 Å². The number of carboxylic acids is 1. The third-order valence-electron chi connectivity index (χ3n) is 3.19. The number of aliphatic hydroxyl groups excluding tert-OH is 1. The number of hydrogen-bond donors (Lipinski definition) is 2. The summed E-state index contributed by atoms with van der Waals surface area (Å²) in [5.41, 5.74) is 0.651. The van der Waals surface area contributed by atoms with Gasteiger partial charge in [0.05, 0.1) is 17.9 Å². The van der Waals surface area contributed by atoms with Crippen LogP contribution < -0.4 is 4.74 Å². The van der Waals surface area contributed by atoms with Gasteiger partial charge < -0.3 is 14.9 Å². The molecule has 3 rings (SSSR count). The molecule has 1 heterocycles. The topological polar surface area (TPSA) is 92.5 Å². The SMILES string of the molecule is O=C(O)c1ccc(Oc2cc(CO)ncn2)c2ccccc12. The van der Waals surface area contributed by atoms with E-state index in [0.29, 0.717) is 22.2 Å². The lowest BCUT2D eigenvalue weighted by atomic mass is 10.0. The lowest BCUT2D eigenvalue weighted by Gasteiger charge is -2.10. The summed E-state index contributed by atoms with van der Waals surface area (Å²) in [6.07, 6.45) is 1.30. The molecule has 3 aromatic rings. The zero-order chi connectivity index (χ0) is 15.5. The van der Waals surface area contributed by atoms with Crippen LogP contribution in [0.15, 0.2) is 48.8 Å². The van der Waals surface area contributed by atoms with E-state index in [4.69, 9.17) is 9.84 Å². The number of aromatic nitrogens is 2. The van der Waals surface area contributed by atoms with Crippen LogP contribution in [0.1, 0.15) is 16.1 Å². The molecule has 2 N–H and O–H groups in total. The van der Waals surface area contributed by atoms with Crippen LogP contribution >= 0.6 is 0 Å². The Hall–Kier alpha value is -2.99. The number of aliphatic hydroxyl groups is 1. The molecule has 6 nitrogen and oxygen atoms in total. The molecular weight excluding hydrogens is 284 g/mol. The molecule has 6 heteroatoms. The highest BCUT2D eigenvalue weighted by atomic mass is 16.5. The predicted octanol–water partition coefficient (Wildman–Crippen LogP) is 2.61. The smallest absolute Gasteiger partial charge is 0.336 e. The molecule has 2 aromatic carbocycles. The van der Waals surface area contributed by atoms with Crippen LogP contribution in [0.4, 0.5) is 0 Å². The van der Waals surface area contributed by atoms with Gasteiger partial charge in [-0.3, -0.25) is 0 Å². The van der Waals surface area contributed by atoms with Crippen molar-refractivity contribution >= 4 is 16.7 Å². The lowest BCUT2D eigenvalue weighted by molar-refractivity contribution is 0.0699. The molecule has 1 aromatic heterocycles. The Bertz CT molecular complexity index is 848. The molecular formula is C16H12N2O4. The van der Waals surface area contributed by atoms with Gasteiger partial charge in [-0.05, 0) is 17.5 Å². The van der Waals surface area contributed by atoms with Crippen molar-refractivity contribution < 1.29 is 19.7 Å². The number of nitrogens with zero attached hydrogens (tertiary/aromatic N) is 2. The summed E-state index contributed by atoms with van der Waals surface area (Å²) in [4.78, 5) is 19.1. The Balaban J connectivity index is 2.08. The number of carboxylic acid groups (broad SMARTS) is 1. The number of aromatic carboxylic acids is 1. The average Bonchev–Trinajstić information content (AvgIpc) is 2.55. The van der Waals surface area contributed by atoms with Crippen molar-refractivity contribution in [3.63, 3.8) is 0 Å². The summed E-state index contributed by atoms with van der Waals surface area (Å²) in [5.74, 6) is -0.220. The van der Waals surface area contributed by atoms with E-state index in [0.717, 1.165) is 0 Å². The van der Waals surface area contributed by atoms with E-state index in [1.54, 1.807) is 30.3 Å². The van der Waals surface area contributed by atoms with Gasteiger partial charge in [0.1, 0.15) is 12.1 Å². The third kappa shape index (κ3) is 2.59. The molecule has 0 amide bonds. The van der Waals surface area contributed by atoms with Gasteiger partial charge in [0, 0.05) is 11.5 Å². The number of carbonyl (C=O) groups is 1. The molecule has 0 saturated heterocycles. The molecule has 0 aliphatic carbocycles. The Labute approximate surface area is 125 Å². The van der Waals surface area contributed by atoms with Crippen molar-refractivity contribution in [2.75, 3.05) is 0 Å². The first-order valence-electron chi connectivity index (χ1n) is 6.53. The van der Waals surface area contributed by atoms with Crippen molar-refractivity contribution in [3.8, 4) is 11.6 Å². The number of rotatable bonds is 4. The summed E-state index contributed by atoms with van der Waals surface area (Å²) in [7, 11) is 0. The molecule has 110 valence electrons. The number of ether oxygens (including phenoxy) is 1. The first kappa shape index (κ1) is 14.0. The van der Waals surface area contributed by atoms with E-state index in [9.17, 15) is 9.90 Å². The van der Waals surface area contributed by atoms with E-state index in [-0.39, 0.29) is 18.1 Å². The highest BCUT2D eigenvalue weighted by Crippen LogP contribution is 2.31. The van der Waals surface area contributed by atoms with Crippen molar-refractivity contribution in [1.29, 1.82) is 0 Å². The molecule has 0 aliphatic rings. The van der Waals surface area contributed by atoms with Crippen molar-refractivity contribution in [1.82, 2.24) is 9.97 Å². The minimum Gasteiger partial charge on any atom is -0.478 e. The summed E-state index contributed by atoms with van der Waals surface area (Å²) in [6, 6.07) is 11.7. The molecule has 0 radical (unpaired) electrons. The van der Waals surface area contributed by atoms with Crippen LogP contribution in [0.2, 0.25) is 0 Å². The van der Waals surface area contributed by atoms with Gasteiger partial charge in [-0.1, -0.05) is 24.3 Å². The standard InChI is InChI=1S/C16H12N2O4/c19-8-10-7-15(18-9-17-10)22-14-6-5-13(16(20)21)11-3-1-2-4-12(11)14/h1-7,9,19H,8H2,(H,20,21). The first-order chi connectivity index (χ1) is 10.7. The maximum atomic E-state index is 11.3. The van der Waals surface area contributed by atoms with Crippen LogP contribution in [-0.4, -0.2) is 26.2 Å². The van der Waals surface area contributed by atoms with E-state index < -0.39 is 5.97 Å². The summed E-state index contributed by atoms with van der Waals surface area (Å²) in [6.45, 7) is -0.211.